The van der Waals surface area contributed by atoms with Crippen molar-refractivity contribution >= 4 is 17.4 Å². The molecule has 24 heavy (non-hydrogen) atoms. The third-order valence-corrected chi connectivity index (χ3v) is 5.42. The Morgan fingerprint density at radius 3 is 2.96 bits per heavy atom. The number of Topliss-reactive ketones (excluding diaryl/α,β-unsaturated/α-hetero) is 1. The van der Waals surface area contributed by atoms with Gasteiger partial charge in [-0.3, -0.25) is 9.59 Å². The van der Waals surface area contributed by atoms with Gasteiger partial charge in [0.25, 0.3) is 0 Å². The van der Waals surface area contributed by atoms with E-state index in [1.54, 1.807) is 0 Å². The molecular weight excluding hydrogens is 304 g/mol. The number of fused-ring (bicyclic) bond motifs is 2. The minimum Gasteiger partial charge on any atom is -0.381 e. The van der Waals surface area contributed by atoms with E-state index in [2.05, 4.69) is 16.7 Å². The van der Waals surface area contributed by atoms with Crippen LogP contribution in [0.4, 0.5) is 5.69 Å². The van der Waals surface area contributed by atoms with Gasteiger partial charge in [0.1, 0.15) is 0 Å². The second kappa shape index (κ2) is 6.55. The Bertz CT molecular complexity index is 678. The molecule has 0 spiro atoms. The minimum absolute atomic E-state index is 0.0169. The van der Waals surface area contributed by atoms with Crippen LogP contribution < -0.4 is 10.6 Å². The molecule has 5 heteroatoms. The molecule has 1 unspecified atom stereocenters. The lowest BCUT2D eigenvalue weighted by atomic mass is 9.98. The van der Waals surface area contributed by atoms with Crippen molar-refractivity contribution < 1.29 is 14.3 Å². The lowest BCUT2D eigenvalue weighted by Crippen LogP contribution is -2.34. The van der Waals surface area contributed by atoms with Crippen molar-refractivity contribution in [2.45, 2.75) is 38.5 Å². The maximum Gasteiger partial charge on any atom is 0.239 e. The number of hydrogen-bond donors (Lipinski definition) is 2. The number of anilines is 1. The van der Waals surface area contributed by atoms with Crippen molar-refractivity contribution in [2.24, 2.45) is 5.92 Å². The zero-order valence-corrected chi connectivity index (χ0v) is 14.0. The zero-order valence-electron chi connectivity index (χ0n) is 14.0. The maximum atomic E-state index is 12.3. The molecule has 0 radical (unpaired) electrons. The predicted octanol–water partition coefficient (Wildman–Crippen LogP) is 1.87. The molecule has 1 aliphatic heterocycles. The Hall–Kier alpha value is -1.88. The minimum atomic E-state index is -0.0169. The van der Waals surface area contributed by atoms with E-state index in [1.165, 1.54) is 11.1 Å². The third kappa shape index (κ3) is 2.93. The van der Waals surface area contributed by atoms with Crippen LogP contribution in [-0.4, -0.2) is 38.0 Å². The van der Waals surface area contributed by atoms with E-state index in [-0.39, 0.29) is 18.2 Å². The molecule has 1 aromatic carbocycles. The highest BCUT2D eigenvalue weighted by Crippen LogP contribution is 2.38. The number of carbonyl (C=O) groups excluding carboxylic acids is 2. The van der Waals surface area contributed by atoms with Crippen molar-refractivity contribution in [2.75, 3.05) is 31.6 Å². The highest BCUT2D eigenvalue weighted by molar-refractivity contribution is 6.06. The third-order valence-electron chi connectivity index (χ3n) is 5.42. The van der Waals surface area contributed by atoms with Gasteiger partial charge in [-0.2, -0.15) is 0 Å². The van der Waals surface area contributed by atoms with Crippen LogP contribution in [-0.2, 0) is 28.8 Å². The quantitative estimate of drug-likeness (QED) is 0.866. The Morgan fingerprint density at radius 1 is 1.21 bits per heavy atom. The highest BCUT2D eigenvalue weighted by Gasteiger charge is 2.29. The van der Waals surface area contributed by atoms with Gasteiger partial charge in [0.15, 0.2) is 5.78 Å². The molecule has 1 saturated heterocycles. The van der Waals surface area contributed by atoms with Crippen molar-refractivity contribution in [3.63, 3.8) is 0 Å². The van der Waals surface area contributed by atoms with Crippen molar-refractivity contribution in [1.29, 1.82) is 0 Å². The van der Waals surface area contributed by atoms with Gasteiger partial charge in [0, 0.05) is 36.7 Å². The number of ether oxygens (including phenoxy) is 1. The standard InChI is InChI=1S/C19H24N2O3/c22-16-5-4-14-8-13-2-1-3-15(13)19(18(14)16)21-10-17(23)20-9-12-6-7-24-11-12/h8,12,21H,1-7,9-11H2,(H,20,23). The van der Waals surface area contributed by atoms with Gasteiger partial charge in [-0.05, 0) is 48.8 Å². The van der Waals surface area contributed by atoms with Crippen molar-refractivity contribution in [3.8, 4) is 0 Å². The van der Waals surface area contributed by atoms with Gasteiger partial charge in [-0.25, -0.2) is 0 Å². The summed E-state index contributed by atoms with van der Waals surface area (Å²) in [6.45, 7) is 2.43. The van der Waals surface area contributed by atoms with Crippen molar-refractivity contribution in [3.05, 3.63) is 28.3 Å². The monoisotopic (exact) mass is 328 g/mol. The van der Waals surface area contributed by atoms with Crippen LogP contribution in [0.25, 0.3) is 0 Å². The summed E-state index contributed by atoms with van der Waals surface area (Å²) in [6.07, 6.45) is 5.67. The molecule has 1 fully saturated rings. The Balaban J connectivity index is 1.44. The largest absolute Gasteiger partial charge is 0.381 e. The van der Waals surface area contributed by atoms with Gasteiger partial charge in [-0.1, -0.05) is 6.07 Å². The molecule has 5 nitrogen and oxygen atoms in total. The van der Waals surface area contributed by atoms with Gasteiger partial charge in [0.05, 0.1) is 13.2 Å². The number of ketones is 1. The zero-order chi connectivity index (χ0) is 16.5. The number of rotatable bonds is 5. The van der Waals surface area contributed by atoms with E-state index >= 15 is 0 Å². The average Bonchev–Trinajstić information content (AvgIpc) is 3.31. The maximum absolute atomic E-state index is 12.3. The van der Waals surface area contributed by atoms with Gasteiger partial charge < -0.3 is 15.4 Å². The number of amides is 1. The van der Waals surface area contributed by atoms with E-state index in [0.717, 1.165) is 62.1 Å². The normalized spacial score (nSPS) is 21.7. The smallest absolute Gasteiger partial charge is 0.239 e. The Kier molecular flexibility index (Phi) is 4.27. The van der Waals surface area contributed by atoms with Crippen LogP contribution in [0.3, 0.4) is 0 Å². The molecular formula is C19H24N2O3. The van der Waals surface area contributed by atoms with Crippen LogP contribution in [0, 0.1) is 5.92 Å². The summed E-state index contributed by atoms with van der Waals surface area (Å²) in [4.78, 5) is 24.4. The molecule has 2 N–H and O–H groups in total. The molecule has 4 rings (SSSR count). The summed E-state index contributed by atoms with van der Waals surface area (Å²) in [5.74, 6) is 0.628. The summed E-state index contributed by atoms with van der Waals surface area (Å²) in [5.41, 5.74) is 5.54. The second-order valence-corrected chi connectivity index (χ2v) is 7.09. The lowest BCUT2D eigenvalue weighted by molar-refractivity contribution is -0.119. The number of benzene rings is 1. The number of nitrogens with one attached hydrogen (secondary N) is 2. The molecule has 1 aromatic rings. The molecule has 2 aliphatic carbocycles. The first kappa shape index (κ1) is 15.6. The molecule has 0 aromatic heterocycles. The predicted molar refractivity (Wildman–Crippen MR) is 91.5 cm³/mol. The topological polar surface area (TPSA) is 67.4 Å². The lowest BCUT2D eigenvalue weighted by Gasteiger charge is -2.16. The second-order valence-electron chi connectivity index (χ2n) is 7.09. The van der Waals surface area contributed by atoms with E-state index in [4.69, 9.17) is 4.74 Å². The molecule has 1 heterocycles. The molecule has 1 amide bonds. The van der Waals surface area contributed by atoms with Gasteiger partial charge >= 0.3 is 0 Å². The van der Waals surface area contributed by atoms with Crippen LogP contribution in [0.1, 0.15) is 46.3 Å². The fraction of sp³-hybridized carbons (Fsp3) is 0.579. The molecule has 0 saturated carbocycles. The van der Waals surface area contributed by atoms with Crippen LogP contribution >= 0.6 is 0 Å². The van der Waals surface area contributed by atoms with E-state index in [9.17, 15) is 9.59 Å². The van der Waals surface area contributed by atoms with Crippen molar-refractivity contribution in [1.82, 2.24) is 5.32 Å². The average molecular weight is 328 g/mol. The van der Waals surface area contributed by atoms with E-state index in [1.807, 2.05) is 0 Å². The fourth-order valence-corrected chi connectivity index (χ4v) is 4.12. The first-order chi connectivity index (χ1) is 11.7. The number of carbonyl (C=O) groups is 2. The summed E-state index contributed by atoms with van der Waals surface area (Å²) < 4.78 is 5.33. The summed E-state index contributed by atoms with van der Waals surface area (Å²) in [6, 6.07) is 2.22. The molecule has 1 atom stereocenters. The molecule has 3 aliphatic rings. The molecule has 128 valence electrons. The number of hydrogen-bond acceptors (Lipinski definition) is 4. The SMILES string of the molecule is O=C(CNc1c2c(cc3c1C(=O)CC3)CCC2)NCC1CCOC1. The summed E-state index contributed by atoms with van der Waals surface area (Å²) >= 11 is 0. The van der Waals surface area contributed by atoms with Crippen LogP contribution in [0.15, 0.2) is 6.07 Å². The van der Waals surface area contributed by atoms with Gasteiger partial charge in [-0.15, -0.1) is 0 Å². The first-order valence-corrected chi connectivity index (χ1v) is 9.01. The fourth-order valence-electron chi connectivity index (χ4n) is 4.12. The Labute approximate surface area is 142 Å². The summed E-state index contributed by atoms with van der Waals surface area (Å²) in [7, 11) is 0. The van der Waals surface area contributed by atoms with Crippen LogP contribution in [0.5, 0.6) is 0 Å². The number of aryl methyl sites for hydroxylation is 2. The summed E-state index contributed by atoms with van der Waals surface area (Å²) in [5, 5.41) is 6.26. The van der Waals surface area contributed by atoms with E-state index < -0.39 is 0 Å². The Morgan fingerprint density at radius 2 is 2.12 bits per heavy atom. The van der Waals surface area contributed by atoms with Gasteiger partial charge in [0.2, 0.25) is 5.91 Å². The van der Waals surface area contributed by atoms with Crippen LogP contribution in [0.2, 0.25) is 0 Å². The first-order valence-electron chi connectivity index (χ1n) is 9.01. The van der Waals surface area contributed by atoms with E-state index in [0.29, 0.717) is 18.9 Å². The highest BCUT2D eigenvalue weighted by atomic mass is 16.5. The molecule has 0 bridgehead atoms.